The first-order valence-electron chi connectivity index (χ1n) is 14.3. The molecule has 8 aromatic carbocycles. The Balaban J connectivity index is 1.44. The minimum atomic E-state index is 1.27. The number of rotatable bonds is 1. The average Bonchev–Trinajstić information content (AvgIpc) is 3.52. The van der Waals surface area contributed by atoms with E-state index in [1.165, 1.54) is 92.3 Å². The normalized spacial score (nSPS) is 12.4. The molecule has 0 bridgehead atoms. The Hall–Kier alpha value is -5.40. The van der Waals surface area contributed by atoms with Crippen molar-refractivity contribution in [2.45, 2.75) is 0 Å². The van der Waals surface area contributed by atoms with Crippen LogP contribution in [0.5, 0.6) is 0 Å². The summed E-state index contributed by atoms with van der Waals surface area (Å²) in [5.74, 6) is 0. The molecule has 0 N–H and O–H groups in total. The lowest BCUT2D eigenvalue weighted by molar-refractivity contribution is 1.38. The molecule has 0 radical (unpaired) electrons. The first kappa shape index (κ1) is 21.4. The summed E-state index contributed by atoms with van der Waals surface area (Å²) in [5.41, 5.74) is 6.41. The van der Waals surface area contributed by atoms with Crippen molar-refractivity contribution in [1.29, 1.82) is 0 Å². The Labute approximate surface area is 235 Å². The molecule has 0 atom stereocenters. The van der Waals surface area contributed by atoms with Crippen LogP contribution < -0.4 is 0 Å². The number of hydrogen-bond donors (Lipinski definition) is 0. The molecule has 0 unspecified atom stereocenters. The zero-order chi connectivity index (χ0) is 26.7. The van der Waals surface area contributed by atoms with Crippen LogP contribution in [0.4, 0.5) is 0 Å². The summed E-state index contributed by atoms with van der Waals surface area (Å²) in [6, 6.07) is 51.9. The molecule has 0 amide bonds. The van der Waals surface area contributed by atoms with Gasteiger partial charge in [0.15, 0.2) is 0 Å². The first-order valence-corrected chi connectivity index (χ1v) is 14.3. The minimum Gasteiger partial charge on any atom is -0.308 e. The summed E-state index contributed by atoms with van der Waals surface area (Å²) in [6.07, 6.45) is 0. The quantitative estimate of drug-likeness (QED) is 0.191. The smallest absolute Gasteiger partial charge is 0.0620 e. The number of aromatic nitrogens is 1. The molecular formula is C40H23N. The van der Waals surface area contributed by atoms with Gasteiger partial charge in [-0.2, -0.15) is 0 Å². The second-order valence-corrected chi connectivity index (χ2v) is 11.4. The Bertz CT molecular complexity index is 2570. The predicted octanol–water partition coefficient (Wildman–Crippen LogP) is 11.1. The number of hydrogen-bond acceptors (Lipinski definition) is 0. The zero-order valence-electron chi connectivity index (χ0n) is 22.2. The van der Waals surface area contributed by atoms with Crippen molar-refractivity contribution in [2.75, 3.05) is 0 Å². The fourth-order valence-electron chi connectivity index (χ4n) is 7.36. The molecule has 10 rings (SSSR count). The molecule has 0 aliphatic carbocycles. The summed E-state index contributed by atoms with van der Waals surface area (Å²) in [5, 5.41) is 15.5. The Morgan fingerprint density at radius 1 is 0.317 bits per heavy atom. The monoisotopic (exact) mass is 517 g/mol. The highest BCUT2D eigenvalue weighted by Crippen LogP contribution is 2.45. The molecule has 2 aromatic heterocycles. The van der Waals surface area contributed by atoms with Gasteiger partial charge < -0.3 is 4.40 Å². The predicted molar refractivity (Wildman–Crippen MR) is 177 cm³/mol. The lowest BCUT2D eigenvalue weighted by Crippen LogP contribution is -1.85. The van der Waals surface area contributed by atoms with E-state index in [1.54, 1.807) is 0 Å². The van der Waals surface area contributed by atoms with Crippen molar-refractivity contribution >= 4 is 81.2 Å². The van der Waals surface area contributed by atoms with Gasteiger partial charge in [-0.15, -0.1) is 0 Å². The van der Waals surface area contributed by atoms with E-state index in [0.717, 1.165) is 0 Å². The number of benzene rings is 8. The molecule has 0 fully saturated rings. The maximum absolute atomic E-state index is 2.51. The van der Waals surface area contributed by atoms with Crippen LogP contribution in [0.15, 0.2) is 140 Å². The fourth-order valence-corrected chi connectivity index (χ4v) is 7.36. The molecule has 0 saturated heterocycles. The molecule has 0 saturated carbocycles. The number of fused-ring (bicyclic) bond motifs is 11. The van der Waals surface area contributed by atoms with Gasteiger partial charge in [0.1, 0.15) is 0 Å². The Morgan fingerprint density at radius 2 is 0.780 bits per heavy atom. The van der Waals surface area contributed by atoms with E-state index in [2.05, 4.69) is 144 Å². The van der Waals surface area contributed by atoms with Crippen molar-refractivity contribution in [1.82, 2.24) is 4.40 Å². The molecule has 0 aliphatic rings. The largest absolute Gasteiger partial charge is 0.308 e. The van der Waals surface area contributed by atoms with Crippen LogP contribution in [0, 0.1) is 0 Å². The average molecular weight is 518 g/mol. The van der Waals surface area contributed by atoms with Gasteiger partial charge in [0.25, 0.3) is 0 Å². The molecule has 41 heavy (non-hydrogen) atoms. The van der Waals surface area contributed by atoms with Gasteiger partial charge in [0.2, 0.25) is 0 Å². The van der Waals surface area contributed by atoms with Gasteiger partial charge >= 0.3 is 0 Å². The highest BCUT2D eigenvalue weighted by molar-refractivity contribution is 6.27. The highest BCUT2D eigenvalue weighted by Gasteiger charge is 2.21. The molecule has 0 aliphatic heterocycles. The summed E-state index contributed by atoms with van der Waals surface area (Å²) < 4.78 is 2.51. The Morgan fingerprint density at radius 3 is 1.37 bits per heavy atom. The fraction of sp³-hybridized carbons (Fsp3) is 0. The molecule has 10 aromatic rings. The molecular weight excluding hydrogens is 494 g/mol. The summed E-state index contributed by atoms with van der Waals surface area (Å²) >= 11 is 0. The molecule has 188 valence electrons. The highest BCUT2D eigenvalue weighted by atomic mass is 14.9. The van der Waals surface area contributed by atoms with Crippen LogP contribution >= 0.6 is 0 Å². The molecule has 0 spiro atoms. The van der Waals surface area contributed by atoms with Gasteiger partial charge in [0.05, 0.1) is 16.6 Å². The third-order valence-electron chi connectivity index (χ3n) is 9.20. The van der Waals surface area contributed by atoms with E-state index in [4.69, 9.17) is 0 Å². The standard InChI is InChI=1S/C40H23N/c1-3-11-26-22-38-34(17-24(26)9-1)36-20-29(33-19-28-13-5-6-14-30(28)31-15-7-8-16-32(31)33)21-37-35-18-25-10-2-4-12-27(25)23-39(35)41(38)40(36)37/h1-23H. The Kier molecular flexibility index (Phi) is 3.98. The van der Waals surface area contributed by atoms with Crippen molar-refractivity contribution in [2.24, 2.45) is 0 Å². The maximum atomic E-state index is 2.51. The lowest BCUT2D eigenvalue weighted by Gasteiger charge is -2.12. The first-order chi connectivity index (χ1) is 20.3. The maximum Gasteiger partial charge on any atom is 0.0620 e. The second-order valence-electron chi connectivity index (χ2n) is 11.4. The summed E-state index contributed by atoms with van der Waals surface area (Å²) in [6.45, 7) is 0. The van der Waals surface area contributed by atoms with Crippen LogP contribution in [0.25, 0.3) is 92.3 Å². The third-order valence-corrected chi connectivity index (χ3v) is 9.20. The van der Waals surface area contributed by atoms with Crippen LogP contribution in [0.1, 0.15) is 0 Å². The lowest BCUT2D eigenvalue weighted by atomic mass is 9.91. The zero-order valence-corrected chi connectivity index (χ0v) is 22.2. The van der Waals surface area contributed by atoms with Gasteiger partial charge in [0, 0.05) is 21.5 Å². The third kappa shape index (κ3) is 2.80. The minimum absolute atomic E-state index is 1.27. The molecule has 1 nitrogen and oxygen atoms in total. The van der Waals surface area contributed by atoms with Crippen LogP contribution in [-0.2, 0) is 0 Å². The van der Waals surface area contributed by atoms with Crippen molar-refractivity contribution < 1.29 is 0 Å². The van der Waals surface area contributed by atoms with Crippen molar-refractivity contribution in [3.05, 3.63) is 140 Å². The number of nitrogens with zero attached hydrogens (tertiary/aromatic N) is 1. The summed E-state index contributed by atoms with van der Waals surface area (Å²) in [4.78, 5) is 0. The van der Waals surface area contributed by atoms with Crippen LogP contribution in [0.2, 0.25) is 0 Å². The summed E-state index contributed by atoms with van der Waals surface area (Å²) in [7, 11) is 0. The van der Waals surface area contributed by atoms with Crippen LogP contribution in [0.3, 0.4) is 0 Å². The van der Waals surface area contributed by atoms with Gasteiger partial charge in [-0.25, -0.2) is 0 Å². The van der Waals surface area contributed by atoms with Crippen molar-refractivity contribution in [3.8, 4) is 11.1 Å². The van der Waals surface area contributed by atoms with Gasteiger partial charge in [-0.05, 0) is 96.7 Å². The van der Waals surface area contributed by atoms with E-state index in [0.29, 0.717) is 0 Å². The molecule has 2 heterocycles. The van der Waals surface area contributed by atoms with Crippen LogP contribution in [-0.4, -0.2) is 4.40 Å². The van der Waals surface area contributed by atoms with Gasteiger partial charge in [-0.3, -0.25) is 0 Å². The van der Waals surface area contributed by atoms with E-state index in [1.807, 2.05) is 0 Å². The topological polar surface area (TPSA) is 4.41 Å². The van der Waals surface area contributed by atoms with E-state index >= 15 is 0 Å². The second kappa shape index (κ2) is 7.62. The van der Waals surface area contributed by atoms with E-state index < -0.39 is 0 Å². The van der Waals surface area contributed by atoms with E-state index in [9.17, 15) is 0 Å². The van der Waals surface area contributed by atoms with Crippen molar-refractivity contribution in [3.63, 3.8) is 0 Å². The van der Waals surface area contributed by atoms with Gasteiger partial charge in [-0.1, -0.05) is 97.1 Å². The molecule has 1 heteroatoms. The SMILES string of the molecule is c1ccc2cc3c(cc2c1)c1cc(-c2cc4ccccc4c4ccccc24)cc2c4cc5ccccc5cc4n3c12. The van der Waals surface area contributed by atoms with E-state index in [-0.39, 0.29) is 0 Å².